The lowest BCUT2D eigenvalue weighted by atomic mass is 9.94. The third kappa shape index (κ3) is 2.99. The Bertz CT molecular complexity index is 560. The van der Waals surface area contributed by atoms with E-state index in [-0.39, 0.29) is 24.4 Å². The second-order valence-electron chi connectivity index (χ2n) is 6.46. The van der Waals surface area contributed by atoms with Crippen LogP contribution >= 0.6 is 0 Å². The molecule has 2 aliphatic rings. The Balaban J connectivity index is 2.32. The average molecular weight is 331 g/mol. The van der Waals surface area contributed by atoms with Crippen LogP contribution in [0.4, 0.5) is 0 Å². The number of hydrogen-bond acceptors (Lipinski definition) is 5. The van der Waals surface area contributed by atoms with E-state index < -0.39 is 22.0 Å². The van der Waals surface area contributed by atoms with E-state index in [1.165, 1.54) is 0 Å². The first kappa shape index (κ1) is 17.2. The molecule has 0 radical (unpaired) electrons. The second-order valence-corrected chi connectivity index (χ2v) is 8.32. The van der Waals surface area contributed by atoms with Crippen molar-refractivity contribution in [3.05, 3.63) is 0 Å². The standard InChI is InChI=1S/C14H25N3O4S/c1-5-6-10-13-11(17(14(10)19)22(4,20)21)7-8-16(13)12(18)9-15(2)3/h10-11,13H,5-9H2,1-4H3/t10-,11+,13-/m1/s1. The summed E-state index contributed by atoms with van der Waals surface area (Å²) >= 11 is 0. The summed E-state index contributed by atoms with van der Waals surface area (Å²) in [6.45, 7) is 2.75. The molecule has 22 heavy (non-hydrogen) atoms. The third-order valence-electron chi connectivity index (χ3n) is 4.40. The number of hydrogen-bond donors (Lipinski definition) is 0. The molecule has 0 unspecified atom stereocenters. The second kappa shape index (κ2) is 6.16. The molecule has 0 aliphatic carbocycles. The Morgan fingerprint density at radius 1 is 1.36 bits per heavy atom. The maximum atomic E-state index is 12.5. The molecule has 126 valence electrons. The number of carbonyl (C=O) groups is 2. The van der Waals surface area contributed by atoms with Crippen molar-refractivity contribution in [3.8, 4) is 0 Å². The van der Waals surface area contributed by atoms with Crippen molar-refractivity contribution in [2.75, 3.05) is 33.4 Å². The van der Waals surface area contributed by atoms with E-state index in [2.05, 4.69) is 0 Å². The summed E-state index contributed by atoms with van der Waals surface area (Å²) in [4.78, 5) is 28.5. The average Bonchev–Trinajstić information content (AvgIpc) is 2.87. The molecular weight excluding hydrogens is 306 g/mol. The number of fused-ring (bicyclic) bond motifs is 1. The molecule has 0 N–H and O–H groups in total. The van der Waals surface area contributed by atoms with E-state index >= 15 is 0 Å². The van der Waals surface area contributed by atoms with Crippen molar-refractivity contribution < 1.29 is 18.0 Å². The van der Waals surface area contributed by atoms with Crippen molar-refractivity contribution in [2.45, 2.75) is 38.3 Å². The molecule has 2 aliphatic heterocycles. The number of rotatable bonds is 5. The SMILES string of the molecule is CCC[C@H]1C(=O)N(S(C)(=O)=O)[C@H]2CCN(C(=O)CN(C)C)[C@H]12. The lowest BCUT2D eigenvalue weighted by molar-refractivity contribution is -0.134. The normalized spacial score (nSPS) is 28.6. The summed E-state index contributed by atoms with van der Waals surface area (Å²) in [5.74, 6) is -0.790. The summed E-state index contributed by atoms with van der Waals surface area (Å²) in [6, 6.07) is -0.709. The molecular formula is C14H25N3O4S. The number of likely N-dealkylation sites (tertiary alicyclic amines) is 1. The Morgan fingerprint density at radius 3 is 2.50 bits per heavy atom. The maximum absolute atomic E-state index is 12.5. The Kier molecular flexibility index (Phi) is 4.81. The van der Waals surface area contributed by atoms with Crippen molar-refractivity contribution in [1.82, 2.24) is 14.1 Å². The highest BCUT2D eigenvalue weighted by atomic mass is 32.2. The van der Waals surface area contributed by atoms with Gasteiger partial charge in [-0.05, 0) is 26.9 Å². The molecule has 0 saturated carbocycles. The topological polar surface area (TPSA) is 78.0 Å². The van der Waals surface area contributed by atoms with Crippen LogP contribution in [0.15, 0.2) is 0 Å². The highest BCUT2D eigenvalue weighted by Crippen LogP contribution is 2.39. The monoisotopic (exact) mass is 331 g/mol. The first-order chi connectivity index (χ1) is 10.2. The summed E-state index contributed by atoms with van der Waals surface area (Å²) in [6.07, 6.45) is 2.99. The van der Waals surface area contributed by atoms with E-state index in [1.54, 1.807) is 9.80 Å². The van der Waals surface area contributed by atoms with Crippen LogP contribution in [0.1, 0.15) is 26.2 Å². The first-order valence-corrected chi connectivity index (χ1v) is 9.50. The zero-order valence-electron chi connectivity index (χ0n) is 13.7. The summed E-state index contributed by atoms with van der Waals surface area (Å²) in [7, 11) is 0.0402. The molecule has 0 aromatic heterocycles. The van der Waals surface area contributed by atoms with Crippen LogP contribution in [0.2, 0.25) is 0 Å². The molecule has 2 rings (SSSR count). The van der Waals surface area contributed by atoms with E-state index in [0.717, 1.165) is 17.0 Å². The molecule has 2 heterocycles. The Hall–Kier alpha value is -1.15. The number of amides is 2. The van der Waals surface area contributed by atoms with Gasteiger partial charge < -0.3 is 9.80 Å². The molecule has 2 fully saturated rings. The molecule has 8 heteroatoms. The Morgan fingerprint density at radius 2 is 2.00 bits per heavy atom. The molecule has 0 aromatic rings. The largest absolute Gasteiger partial charge is 0.336 e. The molecule has 0 aromatic carbocycles. The molecule has 2 amide bonds. The van der Waals surface area contributed by atoms with Gasteiger partial charge in [-0.25, -0.2) is 12.7 Å². The van der Waals surface area contributed by atoms with E-state index in [0.29, 0.717) is 19.4 Å². The van der Waals surface area contributed by atoms with E-state index in [4.69, 9.17) is 0 Å². The minimum absolute atomic E-state index is 0.0400. The fraction of sp³-hybridized carbons (Fsp3) is 0.857. The molecule has 3 atom stereocenters. The highest BCUT2D eigenvalue weighted by molar-refractivity contribution is 7.88. The molecule has 0 spiro atoms. The van der Waals surface area contributed by atoms with Gasteiger partial charge in [0.15, 0.2) is 0 Å². The van der Waals surface area contributed by atoms with Crippen LogP contribution in [-0.4, -0.2) is 79.9 Å². The number of nitrogens with zero attached hydrogens (tertiary/aromatic N) is 3. The predicted octanol–water partition coefficient (Wildman–Crippen LogP) is -0.264. The van der Waals surface area contributed by atoms with Gasteiger partial charge in [0.05, 0.1) is 30.8 Å². The fourth-order valence-corrected chi connectivity index (χ4v) is 4.86. The van der Waals surface area contributed by atoms with E-state index in [1.807, 2.05) is 21.0 Å². The maximum Gasteiger partial charge on any atom is 0.241 e. The van der Waals surface area contributed by atoms with Crippen molar-refractivity contribution in [3.63, 3.8) is 0 Å². The van der Waals surface area contributed by atoms with Crippen molar-refractivity contribution in [2.24, 2.45) is 5.92 Å². The van der Waals surface area contributed by atoms with Crippen LogP contribution in [0.25, 0.3) is 0 Å². The zero-order valence-corrected chi connectivity index (χ0v) is 14.5. The zero-order chi connectivity index (χ0) is 16.7. The van der Waals surface area contributed by atoms with Gasteiger partial charge >= 0.3 is 0 Å². The van der Waals surface area contributed by atoms with Crippen LogP contribution in [-0.2, 0) is 19.6 Å². The minimum atomic E-state index is -3.59. The highest BCUT2D eigenvalue weighted by Gasteiger charge is 2.56. The summed E-state index contributed by atoms with van der Waals surface area (Å²) < 4.78 is 25.0. The lowest BCUT2D eigenvalue weighted by Crippen LogP contribution is -2.46. The van der Waals surface area contributed by atoms with Gasteiger partial charge in [0, 0.05) is 6.54 Å². The quantitative estimate of drug-likeness (QED) is 0.693. The van der Waals surface area contributed by atoms with Crippen LogP contribution in [0, 0.1) is 5.92 Å². The van der Waals surface area contributed by atoms with Gasteiger partial charge in [0.2, 0.25) is 21.8 Å². The summed E-state index contributed by atoms with van der Waals surface area (Å²) in [5.41, 5.74) is 0. The van der Waals surface area contributed by atoms with E-state index in [9.17, 15) is 18.0 Å². The lowest BCUT2D eigenvalue weighted by Gasteiger charge is -2.28. The van der Waals surface area contributed by atoms with Gasteiger partial charge in [-0.1, -0.05) is 13.3 Å². The van der Waals surface area contributed by atoms with Crippen molar-refractivity contribution >= 4 is 21.8 Å². The summed E-state index contributed by atoms with van der Waals surface area (Å²) in [5, 5.41) is 0. The smallest absolute Gasteiger partial charge is 0.241 e. The van der Waals surface area contributed by atoms with Gasteiger partial charge in [-0.3, -0.25) is 9.59 Å². The van der Waals surface area contributed by atoms with Crippen LogP contribution in [0.5, 0.6) is 0 Å². The minimum Gasteiger partial charge on any atom is -0.336 e. The first-order valence-electron chi connectivity index (χ1n) is 7.66. The van der Waals surface area contributed by atoms with Gasteiger partial charge in [0.25, 0.3) is 0 Å². The number of sulfonamides is 1. The third-order valence-corrected chi connectivity index (χ3v) is 5.56. The molecule has 7 nitrogen and oxygen atoms in total. The predicted molar refractivity (Wildman–Crippen MR) is 82.5 cm³/mol. The molecule has 0 bridgehead atoms. The Labute approximate surface area is 132 Å². The number of carbonyl (C=O) groups excluding carboxylic acids is 2. The molecule has 2 saturated heterocycles. The van der Waals surface area contributed by atoms with Crippen LogP contribution < -0.4 is 0 Å². The van der Waals surface area contributed by atoms with Gasteiger partial charge in [-0.2, -0.15) is 0 Å². The number of likely N-dealkylation sites (N-methyl/N-ethyl adjacent to an activating group) is 1. The van der Waals surface area contributed by atoms with Crippen molar-refractivity contribution in [1.29, 1.82) is 0 Å². The van der Waals surface area contributed by atoms with Crippen LogP contribution in [0.3, 0.4) is 0 Å². The van der Waals surface area contributed by atoms with Gasteiger partial charge in [0.1, 0.15) is 0 Å². The fourth-order valence-electron chi connectivity index (χ4n) is 3.68. The van der Waals surface area contributed by atoms with Gasteiger partial charge in [-0.15, -0.1) is 0 Å².